The Morgan fingerprint density at radius 1 is 1.50 bits per heavy atom. The Bertz CT molecular complexity index is 570. The van der Waals surface area contributed by atoms with E-state index in [1.807, 2.05) is 4.57 Å². The van der Waals surface area contributed by atoms with Crippen LogP contribution in [0.4, 0.5) is 5.82 Å². The fourth-order valence-corrected chi connectivity index (χ4v) is 2.43. The number of aromatic nitrogens is 4. The van der Waals surface area contributed by atoms with Crippen molar-refractivity contribution in [3.05, 3.63) is 12.7 Å². The molecule has 0 amide bonds. The zero-order valence-corrected chi connectivity index (χ0v) is 10.0. The fourth-order valence-electron chi connectivity index (χ4n) is 2.43. The molecule has 1 saturated heterocycles. The number of nitrogen functional groups attached to an aromatic ring is 1. The van der Waals surface area contributed by atoms with Crippen LogP contribution < -0.4 is 5.73 Å². The standard InChI is InChI=1S/C11H15N5O2/c1-6-2-7(3-17)18-11(6)16-5-15-8-9(12)13-4-14-10(8)16/h4-7,11,17H,2-3H2,1H3,(H2,12,13,14)/t6-,7+,11-/m1/s1. The number of fused-ring (bicyclic) bond motifs is 1. The third kappa shape index (κ3) is 1.63. The third-order valence-corrected chi connectivity index (χ3v) is 3.32. The van der Waals surface area contributed by atoms with Crippen LogP contribution in [0.3, 0.4) is 0 Å². The number of anilines is 1. The normalized spacial score (nSPS) is 28.0. The molecule has 0 aliphatic carbocycles. The first kappa shape index (κ1) is 11.4. The van der Waals surface area contributed by atoms with Crippen molar-refractivity contribution in [2.45, 2.75) is 25.7 Å². The average Bonchev–Trinajstić information content (AvgIpc) is 2.93. The highest BCUT2D eigenvalue weighted by atomic mass is 16.5. The van der Waals surface area contributed by atoms with Crippen LogP contribution in [-0.2, 0) is 4.74 Å². The molecule has 3 rings (SSSR count). The van der Waals surface area contributed by atoms with Gasteiger partial charge in [-0.15, -0.1) is 0 Å². The highest BCUT2D eigenvalue weighted by Gasteiger charge is 2.34. The summed E-state index contributed by atoms with van der Waals surface area (Å²) in [5, 5.41) is 9.16. The molecule has 0 unspecified atom stereocenters. The van der Waals surface area contributed by atoms with Crippen LogP contribution in [0.25, 0.3) is 11.2 Å². The topological polar surface area (TPSA) is 99.1 Å². The first-order chi connectivity index (χ1) is 8.70. The van der Waals surface area contributed by atoms with Gasteiger partial charge in [0.25, 0.3) is 0 Å². The molecule has 3 N–H and O–H groups in total. The number of nitrogens with zero attached hydrogens (tertiary/aromatic N) is 4. The number of ether oxygens (including phenoxy) is 1. The molecular formula is C11H15N5O2. The second kappa shape index (κ2) is 4.18. The summed E-state index contributed by atoms with van der Waals surface area (Å²) >= 11 is 0. The van der Waals surface area contributed by atoms with Crippen molar-refractivity contribution < 1.29 is 9.84 Å². The van der Waals surface area contributed by atoms with Crippen molar-refractivity contribution in [2.75, 3.05) is 12.3 Å². The summed E-state index contributed by atoms with van der Waals surface area (Å²) in [5.74, 6) is 0.652. The van der Waals surface area contributed by atoms with Gasteiger partial charge in [-0.25, -0.2) is 15.0 Å². The summed E-state index contributed by atoms with van der Waals surface area (Å²) < 4.78 is 7.64. The summed E-state index contributed by atoms with van der Waals surface area (Å²) in [5.41, 5.74) is 7.00. The lowest BCUT2D eigenvalue weighted by molar-refractivity contribution is -0.0294. The second-order valence-electron chi connectivity index (χ2n) is 4.63. The van der Waals surface area contributed by atoms with Crippen molar-refractivity contribution in [1.29, 1.82) is 0 Å². The molecule has 7 heteroatoms. The molecule has 3 atom stereocenters. The third-order valence-electron chi connectivity index (χ3n) is 3.32. The van der Waals surface area contributed by atoms with E-state index in [0.717, 1.165) is 6.42 Å². The first-order valence-electron chi connectivity index (χ1n) is 5.90. The summed E-state index contributed by atoms with van der Waals surface area (Å²) in [7, 11) is 0. The van der Waals surface area contributed by atoms with Crippen LogP contribution in [0.15, 0.2) is 12.7 Å². The summed E-state index contributed by atoms with van der Waals surface area (Å²) in [6.45, 7) is 2.11. The molecule has 2 aromatic heterocycles. The first-order valence-corrected chi connectivity index (χ1v) is 5.90. The van der Waals surface area contributed by atoms with Gasteiger partial charge in [0.2, 0.25) is 0 Å². The Balaban J connectivity index is 2.02. The molecule has 0 saturated carbocycles. The Kier molecular flexibility index (Phi) is 2.64. The van der Waals surface area contributed by atoms with Gasteiger partial charge in [-0.2, -0.15) is 0 Å². The van der Waals surface area contributed by atoms with E-state index < -0.39 is 0 Å². The van der Waals surface area contributed by atoms with Gasteiger partial charge >= 0.3 is 0 Å². The minimum absolute atomic E-state index is 0.0323. The van der Waals surface area contributed by atoms with E-state index in [2.05, 4.69) is 21.9 Å². The van der Waals surface area contributed by atoms with E-state index in [9.17, 15) is 0 Å². The van der Waals surface area contributed by atoms with Crippen molar-refractivity contribution in [3.63, 3.8) is 0 Å². The number of aliphatic hydroxyl groups excluding tert-OH is 1. The molecule has 0 radical (unpaired) electrons. The van der Waals surface area contributed by atoms with Crippen molar-refractivity contribution in [3.8, 4) is 0 Å². The molecule has 2 aromatic rings. The van der Waals surface area contributed by atoms with E-state index in [4.69, 9.17) is 15.6 Å². The van der Waals surface area contributed by atoms with Gasteiger partial charge in [0.05, 0.1) is 19.0 Å². The molecule has 7 nitrogen and oxygen atoms in total. The minimum Gasteiger partial charge on any atom is -0.394 e. The molecule has 1 aliphatic rings. The number of aliphatic hydroxyl groups is 1. The highest BCUT2D eigenvalue weighted by molar-refractivity contribution is 5.81. The SMILES string of the molecule is C[C@@H]1C[C@@H](CO)O[C@H]1n1cnc2c(N)ncnc21. The molecule has 96 valence electrons. The van der Waals surface area contributed by atoms with Gasteiger partial charge in [0, 0.05) is 5.92 Å². The van der Waals surface area contributed by atoms with Gasteiger partial charge in [0.1, 0.15) is 18.1 Å². The maximum Gasteiger partial charge on any atom is 0.167 e. The maximum atomic E-state index is 9.16. The lowest BCUT2D eigenvalue weighted by Crippen LogP contribution is -2.15. The number of imidazole rings is 1. The molecule has 0 bridgehead atoms. The minimum atomic E-state index is -0.165. The molecule has 1 fully saturated rings. The monoisotopic (exact) mass is 249 g/mol. The van der Waals surface area contributed by atoms with Crippen molar-refractivity contribution in [2.24, 2.45) is 5.92 Å². The predicted molar refractivity (Wildman–Crippen MR) is 64.5 cm³/mol. The lowest BCUT2D eigenvalue weighted by Gasteiger charge is -2.17. The maximum absolute atomic E-state index is 9.16. The zero-order valence-electron chi connectivity index (χ0n) is 10.0. The van der Waals surface area contributed by atoms with Crippen molar-refractivity contribution in [1.82, 2.24) is 19.5 Å². The van der Waals surface area contributed by atoms with E-state index in [0.29, 0.717) is 17.0 Å². The van der Waals surface area contributed by atoms with Crippen LogP contribution >= 0.6 is 0 Å². The molecule has 1 aliphatic heterocycles. The van der Waals surface area contributed by atoms with Gasteiger partial charge < -0.3 is 15.6 Å². The second-order valence-corrected chi connectivity index (χ2v) is 4.63. The number of rotatable bonds is 2. The Labute approximate surface area is 104 Å². The lowest BCUT2D eigenvalue weighted by atomic mass is 10.1. The van der Waals surface area contributed by atoms with Gasteiger partial charge in [-0.05, 0) is 6.42 Å². The average molecular weight is 249 g/mol. The van der Waals surface area contributed by atoms with Gasteiger partial charge in [0.15, 0.2) is 11.5 Å². The van der Waals surface area contributed by atoms with E-state index in [-0.39, 0.29) is 24.9 Å². The van der Waals surface area contributed by atoms with Crippen LogP contribution in [0.2, 0.25) is 0 Å². The zero-order chi connectivity index (χ0) is 12.7. The Morgan fingerprint density at radius 3 is 3.06 bits per heavy atom. The summed E-state index contributed by atoms with van der Waals surface area (Å²) in [6.07, 6.45) is 3.61. The smallest absolute Gasteiger partial charge is 0.167 e. The fraction of sp³-hybridized carbons (Fsp3) is 0.545. The molecular weight excluding hydrogens is 234 g/mol. The van der Waals surface area contributed by atoms with Crippen LogP contribution in [-0.4, -0.2) is 37.3 Å². The quantitative estimate of drug-likeness (QED) is 0.795. The number of hydrogen-bond acceptors (Lipinski definition) is 6. The summed E-state index contributed by atoms with van der Waals surface area (Å²) in [4.78, 5) is 12.3. The van der Waals surface area contributed by atoms with Gasteiger partial charge in [-0.3, -0.25) is 4.57 Å². The predicted octanol–water partition coefficient (Wildman–Crippen LogP) is 0.324. The summed E-state index contributed by atoms with van der Waals surface area (Å²) in [6, 6.07) is 0. The molecule has 18 heavy (non-hydrogen) atoms. The van der Waals surface area contributed by atoms with Crippen LogP contribution in [0.1, 0.15) is 19.6 Å². The van der Waals surface area contributed by atoms with E-state index in [1.165, 1.54) is 6.33 Å². The Morgan fingerprint density at radius 2 is 2.33 bits per heavy atom. The number of nitrogens with two attached hydrogens (primary N) is 1. The van der Waals surface area contributed by atoms with E-state index >= 15 is 0 Å². The molecule has 3 heterocycles. The van der Waals surface area contributed by atoms with Crippen molar-refractivity contribution >= 4 is 17.0 Å². The largest absolute Gasteiger partial charge is 0.394 e. The van der Waals surface area contributed by atoms with E-state index in [1.54, 1.807) is 6.33 Å². The Hall–Kier alpha value is -1.73. The van der Waals surface area contributed by atoms with Crippen LogP contribution in [0, 0.1) is 5.92 Å². The highest BCUT2D eigenvalue weighted by Crippen LogP contribution is 2.35. The van der Waals surface area contributed by atoms with Crippen LogP contribution in [0.5, 0.6) is 0 Å². The molecule has 0 aromatic carbocycles. The molecule has 0 spiro atoms. The number of hydrogen-bond donors (Lipinski definition) is 2. The van der Waals surface area contributed by atoms with Gasteiger partial charge in [-0.1, -0.05) is 6.92 Å².